The number of benzene rings is 1. The van der Waals surface area contributed by atoms with Crippen LogP contribution < -0.4 is 10.6 Å². The van der Waals surface area contributed by atoms with Crippen molar-refractivity contribution in [2.24, 2.45) is 5.73 Å². The van der Waals surface area contributed by atoms with Crippen LogP contribution in [0.5, 0.6) is 0 Å². The predicted octanol–water partition coefficient (Wildman–Crippen LogP) is 3.97. The van der Waals surface area contributed by atoms with Crippen LogP contribution in [0.25, 0.3) is 0 Å². The fraction of sp³-hybridized carbons (Fsp3) is 0.625. The van der Waals surface area contributed by atoms with Gasteiger partial charge in [-0.25, -0.2) is 0 Å². The topological polar surface area (TPSA) is 29.3 Å². The van der Waals surface area contributed by atoms with Crippen LogP contribution in [0.1, 0.15) is 44.2 Å². The molecule has 1 aliphatic carbocycles. The van der Waals surface area contributed by atoms with Crippen molar-refractivity contribution in [3.05, 3.63) is 29.3 Å². The van der Waals surface area contributed by atoms with Crippen LogP contribution in [-0.2, 0) is 12.6 Å². The summed E-state index contributed by atoms with van der Waals surface area (Å²) in [6.45, 7) is 4.57. The van der Waals surface area contributed by atoms with Gasteiger partial charge in [-0.1, -0.05) is 13.0 Å². The largest absolute Gasteiger partial charge is 0.416 e. The number of nitrogens with zero attached hydrogens (tertiary/aromatic N) is 1. The zero-order valence-electron chi connectivity index (χ0n) is 12.6. The van der Waals surface area contributed by atoms with Crippen molar-refractivity contribution in [3.8, 4) is 0 Å². The van der Waals surface area contributed by atoms with Gasteiger partial charge in [0.1, 0.15) is 0 Å². The zero-order valence-corrected chi connectivity index (χ0v) is 12.6. The van der Waals surface area contributed by atoms with Crippen molar-refractivity contribution in [2.45, 2.75) is 57.8 Å². The number of alkyl halides is 3. The summed E-state index contributed by atoms with van der Waals surface area (Å²) in [5, 5.41) is 0. The normalized spacial score (nSPS) is 16.9. The quantitative estimate of drug-likeness (QED) is 0.861. The lowest BCUT2D eigenvalue weighted by atomic mass is 9.99. The predicted molar refractivity (Wildman–Crippen MR) is 79.5 cm³/mol. The first-order chi connectivity index (χ1) is 9.82. The van der Waals surface area contributed by atoms with Crippen molar-refractivity contribution in [2.75, 3.05) is 11.4 Å². The summed E-state index contributed by atoms with van der Waals surface area (Å²) in [4.78, 5) is 2.10. The Morgan fingerprint density at radius 2 is 2.00 bits per heavy atom. The Balaban J connectivity index is 2.35. The first kappa shape index (κ1) is 16.1. The van der Waals surface area contributed by atoms with E-state index in [1.807, 2.05) is 6.92 Å². The SMILES string of the molecule is CCCN(c1ccc(CC(C)N)c(C(F)(F)F)c1)C1CC1. The highest BCUT2D eigenvalue weighted by atomic mass is 19.4. The van der Waals surface area contributed by atoms with Crippen molar-refractivity contribution >= 4 is 5.69 Å². The minimum atomic E-state index is -4.33. The highest BCUT2D eigenvalue weighted by Gasteiger charge is 2.35. The van der Waals surface area contributed by atoms with Gasteiger partial charge in [0, 0.05) is 24.3 Å². The van der Waals surface area contributed by atoms with E-state index in [2.05, 4.69) is 4.90 Å². The second-order valence-corrected chi connectivity index (χ2v) is 5.95. The van der Waals surface area contributed by atoms with Crippen LogP contribution in [0.15, 0.2) is 18.2 Å². The van der Waals surface area contributed by atoms with Crippen molar-refractivity contribution in [1.82, 2.24) is 0 Å². The maximum Gasteiger partial charge on any atom is 0.416 e. The summed E-state index contributed by atoms with van der Waals surface area (Å²) >= 11 is 0. The molecule has 1 fully saturated rings. The number of hydrogen-bond donors (Lipinski definition) is 1. The van der Waals surface area contributed by atoms with E-state index in [0.29, 0.717) is 11.7 Å². The molecule has 0 spiro atoms. The molecule has 118 valence electrons. The van der Waals surface area contributed by atoms with Gasteiger partial charge in [0.25, 0.3) is 0 Å². The molecule has 2 nitrogen and oxygen atoms in total. The lowest BCUT2D eigenvalue weighted by Gasteiger charge is -2.26. The van der Waals surface area contributed by atoms with Gasteiger partial charge in [-0.15, -0.1) is 0 Å². The molecule has 2 rings (SSSR count). The minimum absolute atomic E-state index is 0.242. The molecule has 1 aliphatic rings. The highest BCUT2D eigenvalue weighted by Crippen LogP contribution is 2.38. The smallest absolute Gasteiger partial charge is 0.369 e. The average Bonchev–Trinajstić information content (AvgIpc) is 3.19. The molecule has 0 aliphatic heterocycles. The van der Waals surface area contributed by atoms with E-state index in [9.17, 15) is 13.2 Å². The van der Waals surface area contributed by atoms with Gasteiger partial charge in [0.15, 0.2) is 0 Å². The lowest BCUT2D eigenvalue weighted by Crippen LogP contribution is -2.27. The zero-order chi connectivity index (χ0) is 15.6. The van der Waals surface area contributed by atoms with Gasteiger partial charge in [-0.3, -0.25) is 0 Å². The Labute approximate surface area is 124 Å². The van der Waals surface area contributed by atoms with Crippen LogP contribution >= 0.6 is 0 Å². The van der Waals surface area contributed by atoms with E-state index in [-0.39, 0.29) is 18.0 Å². The Morgan fingerprint density at radius 3 is 2.48 bits per heavy atom. The minimum Gasteiger partial charge on any atom is -0.369 e. The summed E-state index contributed by atoms with van der Waals surface area (Å²) in [6.07, 6.45) is -1.01. The standard InChI is InChI=1S/C16H23F3N2/c1-3-8-21(13-6-7-13)14-5-4-12(9-11(2)20)15(10-14)16(17,18)19/h4-5,10-11,13H,3,6-9,20H2,1-2H3. The molecule has 0 saturated heterocycles. The number of anilines is 1. The Kier molecular flexibility index (Phi) is 4.81. The van der Waals surface area contributed by atoms with Crippen LogP contribution in [0.4, 0.5) is 18.9 Å². The fourth-order valence-corrected chi connectivity index (χ4v) is 2.68. The van der Waals surface area contributed by atoms with Gasteiger partial charge in [-0.2, -0.15) is 13.2 Å². The lowest BCUT2D eigenvalue weighted by molar-refractivity contribution is -0.138. The van der Waals surface area contributed by atoms with Gasteiger partial charge in [0.2, 0.25) is 0 Å². The monoisotopic (exact) mass is 300 g/mol. The highest BCUT2D eigenvalue weighted by molar-refractivity contribution is 5.53. The first-order valence-electron chi connectivity index (χ1n) is 7.55. The van der Waals surface area contributed by atoms with E-state index >= 15 is 0 Å². The third kappa shape index (κ3) is 4.13. The third-order valence-electron chi connectivity index (χ3n) is 3.72. The molecule has 21 heavy (non-hydrogen) atoms. The van der Waals surface area contributed by atoms with Crippen molar-refractivity contribution in [1.29, 1.82) is 0 Å². The summed E-state index contributed by atoms with van der Waals surface area (Å²) in [5.74, 6) is 0. The summed E-state index contributed by atoms with van der Waals surface area (Å²) < 4.78 is 39.9. The summed E-state index contributed by atoms with van der Waals surface area (Å²) in [6, 6.07) is 4.82. The summed E-state index contributed by atoms with van der Waals surface area (Å²) in [5.41, 5.74) is 6.09. The number of hydrogen-bond acceptors (Lipinski definition) is 2. The number of nitrogens with two attached hydrogens (primary N) is 1. The van der Waals surface area contributed by atoms with E-state index in [0.717, 1.165) is 25.8 Å². The van der Waals surface area contributed by atoms with Crippen LogP contribution in [0.2, 0.25) is 0 Å². The molecular weight excluding hydrogens is 277 g/mol. The van der Waals surface area contributed by atoms with Gasteiger partial charge >= 0.3 is 6.18 Å². The maximum atomic E-state index is 13.3. The Morgan fingerprint density at radius 1 is 1.33 bits per heavy atom. The molecule has 1 atom stereocenters. The Bertz CT molecular complexity index is 479. The molecule has 0 heterocycles. The van der Waals surface area contributed by atoms with E-state index in [1.54, 1.807) is 19.1 Å². The fourth-order valence-electron chi connectivity index (χ4n) is 2.68. The second kappa shape index (κ2) is 6.26. The molecule has 1 saturated carbocycles. The van der Waals surface area contributed by atoms with E-state index in [4.69, 9.17) is 5.73 Å². The molecular formula is C16H23F3N2. The molecule has 0 radical (unpaired) electrons. The Hall–Kier alpha value is -1.23. The summed E-state index contributed by atoms with van der Waals surface area (Å²) in [7, 11) is 0. The molecule has 0 aromatic heterocycles. The molecule has 1 unspecified atom stereocenters. The van der Waals surface area contributed by atoms with E-state index < -0.39 is 11.7 Å². The molecule has 1 aromatic rings. The number of rotatable bonds is 6. The maximum absolute atomic E-state index is 13.3. The van der Waals surface area contributed by atoms with Crippen molar-refractivity contribution in [3.63, 3.8) is 0 Å². The van der Waals surface area contributed by atoms with Crippen LogP contribution in [-0.4, -0.2) is 18.6 Å². The van der Waals surface area contributed by atoms with E-state index in [1.165, 1.54) is 6.07 Å². The average molecular weight is 300 g/mol. The third-order valence-corrected chi connectivity index (χ3v) is 3.72. The van der Waals surface area contributed by atoms with Gasteiger partial charge in [-0.05, 0) is 50.3 Å². The second-order valence-electron chi connectivity index (χ2n) is 5.95. The van der Waals surface area contributed by atoms with Gasteiger partial charge in [0.05, 0.1) is 5.56 Å². The number of halogens is 3. The van der Waals surface area contributed by atoms with Crippen LogP contribution in [0, 0.1) is 0 Å². The van der Waals surface area contributed by atoms with Gasteiger partial charge < -0.3 is 10.6 Å². The molecule has 0 amide bonds. The van der Waals surface area contributed by atoms with Crippen molar-refractivity contribution < 1.29 is 13.2 Å². The molecule has 0 bridgehead atoms. The molecule has 1 aromatic carbocycles. The molecule has 2 N–H and O–H groups in total. The van der Waals surface area contributed by atoms with Crippen LogP contribution in [0.3, 0.4) is 0 Å². The molecule has 5 heteroatoms. The first-order valence-corrected chi connectivity index (χ1v) is 7.55.